The van der Waals surface area contributed by atoms with Gasteiger partial charge < -0.3 is 14.6 Å². The van der Waals surface area contributed by atoms with Crippen molar-refractivity contribution in [2.45, 2.75) is 30.8 Å². The van der Waals surface area contributed by atoms with Crippen molar-refractivity contribution in [1.82, 2.24) is 5.32 Å². The number of hydrogen-bond acceptors (Lipinski definition) is 5. The third-order valence-corrected chi connectivity index (χ3v) is 6.80. The van der Waals surface area contributed by atoms with Crippen molar-refractivity contribution in [3.8, 4) is 11.3 Å². The van der Waals surface area contributed by atoms with Crippen molar-refractivity contribution < 1.29 is 12.8 Å². The molecular weight excluding hydrogens is 422 g/mol. The van der Waals surface area contributed by atoms with Crippen LogP contribution in [0.3, 0.4) is 0 Å². The number of benzene rings is 2. The molecule has 0 amide bonds. The molecule has 0 bridgehead atoms. The molecule has 0 saturated carbocycles. The van der Waals surface area contributed by atoms with Gasteiger partial charge >= 0.3 is 0 Å². The molecule has 1 aromatic heterocycles. The molecule has 6 nitrogen and oxygen atoms in total. The zero-order valence-corrected chi connectivity index (χ0v) is 18.4. The highest BCUT2D eigenvalue weighted by Gasteiger charge is 2.23. The number of rotatable bonds is 5. The standard InChI is InChI=1S/C22H24ClN3O3S/c1-15-13-26(14-16(2)24-15)18-7-10-20(23)21(12-18)25-30(27,28)19-8-5-17(6-9-19)22-4-3-11-29-22/h3-12,15-16,24-25H,13-14H2,1-2H3/t15-,16+. The Balaban J connectivity index is 1.57. The van der Waals surface area contributed by atoms with E-state index in [1.807, 2.05) is 12.1 Å². The van der Waals surface area contributed by atoms with Crippen molar-refractivity contribution in [2.24, 2.45) is 0 Å². The van der Waals surface area contributed by atoms with Crippen molar-refractivity contribution in [3.05, 3.63) is 65.9 Å². The highest BCUT2D eigenvalue weighted by molar-refractivity contribution is 7.92. The molecule has 0 spiro atoms. The van der Waals surface area contributed by atoms with Crippen LogP contribution in [0.4, 0.5) is 11.4 Å². The summed E-state index contributed by atoms with van der Waals surface area (Å²) in [5.41, 5.74) is 2.11. The van der Waals surface area contributed by atoms with Gasteiger partial charge in [-0.2, -0.15) is 0 Å². The van der Waals surface area contributed by atoms with Gasteiger partial charge in [-0.1, -0.05) is 11.6 Å². The number of piperazine rings is 1. The van der Waals surface area contributed by atoms with Crippen LogP contribution in [-0.4, -0.2) is 33.6 Å². The lowest BCUT2D eigenvalue weighted by Crippen LogP contribution is -2.54. The Bertz CT molecular complexity index is 1110. The summed E-state index contributed by atoms with van der Waals surface area (Å²) in [5, 5.41) is 3.85. The van der Waals surface area contributed by atoms with E-state index >= 15 is 0 Å². The summed E-state index contributed by atoms with van der Waals surface area (Å²) < 4.78 is 33.8. The summed E-state index contributed by atoms with van der Waals surface area (Å²) in [5.74, 6) is 0.683. The van der Waals surface area contributed by atoms with E-state index in [4.69, 9.17) is 16.0 Å². The Morgan fingerprint density at radius 3 is 2.40 bits per heavy atom. The molecule has 0 aliphatic carbocycles. The molecule has 1 aliphatic rings. The molecule has 3 aromatic rings. The zero-order valence-electron chi connectivity index (χ0n) is 16.8. The topological polar surface area (TPSA) is 74.6 Å². The van der Waals surface area contributed by atoms with Crippen LogP contribution in [0, 0.1) is 0 Å². The van der Waals surface area contributed by atoms with Crippen molar-refractivity contribution in [3.63, 3.8) is 0 Å². The van der Waals surface area contributed by atoms with Crippen molar-refractivity contribution in [1.29, 1.82) is 0 Å². The summed E-state index contributed by atoms with van der Waals surface area (Å²) in [6, 6.07) is 16.3. The SMILES string of the molecule is C[C@@H]1CN(c2ccc(Cl)c(NS(=O)(=O)c3ccc(-c4ccco4)cc3)c2)C[C@H](C)N1. The molecular formula is C22H24ClN3O3S. The highest BCUT2D eigenvalue weighted by Crippen LogP contribution is 2.31. The average Bonchev–Trinajstić information content (AvgIpc) is 3.24. The minimum absolute atomic E-state index is 0.156. The molecule has 0 radical (unpaired) electrons. The maximum atomic E-state index is 12.9. The van der Waals surface area contributed by atoms with E-state index in [2.05, 4.69) is 28.8 Å². The molecule has 4 rings (SSSR count). The molecule has 1 fully saturated rings. The second-order valence-corrected chi connectivity index (χ2v) is 9.73. The minimum Gasteiger partial charge on any atom is -0.464 e. The van der Waals surface area contributed by atoms with Gasteiger partial charge in [0, 0.05) is 36.4 Å². The van der Waals surface area contributed by atoms with Gasteiger partial charge in [0.25, 0.3) is 10.0 Å². The predicted molar refractivity (Wildman–Crippen MR) is 121 cm³/mol. The Hall–Kier alpha value is -2.48. The fourth-order valence-corrected chi connectivity index (χ4v) is 5.06. The molecule has 1 saturated heterocycles. The molecule has 0 unspecified atom stereocenters. The molecule has 1 aliphatic heterocycles. The monoisotopic (exact) mass is 445 g/mol. The van der Waals surface area contributed by atoms with E-state index < -0.39 is 10.0 Å². The average molecular weight is 446 g/mol. The molecule has 2 heterocycles. The third kappa shape index (κ3) is 4.48. The van der Waals surface area contributed by atoms with Gasteiger partial charge in [0.1, 0.15) is 5.76 Å². The molecule has 2 atom stereocenters. The number of halogens is 1. The first-order valence-electron chi connectivity index (χ1n) is 9.79. The van der Waals surface area contributed by atoms with Crippen LogP contribution in [0.25, 0.3) is 11.3 Å². The maximum Gasteiger partial charge on any atom is 0.261 e. The van der Waals surface area contributed by atoms with E-state index in [1.54, 1.807) is 48.7 Å². The van der Waals surface area contributed by atoms with E-state index in [9.17, 15) is 8.42 Å². The lowest BCUT2D eigenvalue weighted by Gasteiger charge is -2.37. The lowest BCUT2D eigenvalue weighted by molar-refractivity contribution is 0.407. The fraction of sp³-hybridized carbons (Fsp3) is 0.273. The number of anilines is 2. The van der Waals surface area contributed by atoms with Gasteiger partial charge in [-0.25, -0.2) is 8.42 Å². The first-order valence-corrected chi connectivity index (χ1v) is 11.7. The summed E-state index contributed by atoms with van der Waals surface area (Å²) in [4.78, 5) is 2.39. The predicted octanol–water partition coefficient (Wildman–Crippen LogP) is 4.59. The van der Waals surface area contributed by atoms with Crippen LogP contribution in [0.5, 0.6) is 0 Å². The van der Waals surface area contributed by atoms with Gasteiger partial charge in [0.2, 0.25) is 0 Å². The Morgan fingerprint density at radius 2 is 1.77 bits per heavy atom. The smallest absolute Gasteiger partial charge is 0.261 e. The minimum atomic E-state index is -3.79. The van der Waals surface area contributed by atoms with Crippen LogP contribution >= 0.6 is 11.6 Å². The number of furan rings is 1. The van der Waals surface area contributed by atoms with Gasteiger partial charge in [-0.15, -0.1) is 0 Å². The zero-order chi connectivity index (χ0) is 21.3. The molecule has 2 N–H and O–H groups in total. The molecule has 8 heteroatoms. The highest BCUT2D eigenvalue weighted by atomic mass is 35.5. The first kappa shape index (κ1) is 20.8. The van der Waals surface area contributed by atoms with E-state index in [-0.39, 0.29) is 4.90 Å². The molecule has 158 valence electrons. The summed E-state index contributed by atoms with van der Waals surface area (Å²) in [6.07, 6.45) is 1.58. The summed E-state index contributed by atoms with van der Waals surface area (Å²) >= 11 is 6.31. The number of hydrogen-bond donors (Lipinski definition) is 2. The quantitative estimate of drug-likeness (QED) is 0.601. The Labute approximate surface area is 181 Å². The van der Waals surface area contributed by atoms with Crippen LogP contribution in [0.15, 0.2) is 70.2 Å². The van der Waals surface area contributed by atoms with Crippen LogP contribution in [0.1, 0.15) is 13.8 Å². The fourth-order valence-electron chi connectivity index (χ4n) is 3.77. The second kappa shape index (κ2) is 8.34. The largest absolute Gasteiger partial charge is 0.464 e. The molecule has 2 aromatic carbocycles. The first-order chi connectivity index (χ1) is 14.3. The van der Waals surface area contributed by atoms with Gasteiger partial charge in [0.15, 0.2) is 0 Å². The molecule has 30 heavy (non-hydrogen) atoms. The van der Waals surface area contributed by atoms with Gasteiger partial charge in [-0.05, 0) is 68.4 Å². The number of nitrogens with one attached hydrogen (secondary N) is 2. The van der Waals surface area contributed by atoms with Gasteiger partial charge in [0.05, 0.1) is 21.9 Å². The third-order valence-electron chi connectivity index (χ3n) is 5.09. The number of nitrogens with zero attached hydrogens (tertiary/aromatic N) is 1. The van der Waals surface area contributed by atoms with E-state index in [0.717, 1.165) is 24.3 Å². The summed E-state index contributed by atoms with van der Waals surface area (Å²) in [7, 11) is -3.79. The normalized spacial score (nSPS) is 19.6. The van der Waals surface area contributed by atoms with Gasteiger partial charge in [-0.3, -0.25) is 4.72 Å². The summed E-state index contributed by atoms with van der Waals surface area (Å²) in [6.45, 7) is 5.95. The van der Waals surface area contributed by atoms with Crippen molar-refractivity contribution >= 4 is 33.0 Å². The second-order valence-electron chi connectivity index (χ2n) is 7.65. The lowest BCUT2D eigenvalue weighted by atomic mass is 10.1. The van der Waals surface area contributed by atoms with Crippen molar-refractivity contribution in [2.75, 3.05) is 22.7 Å². The van der Waals surface area contributed by atoms with Crippen LogP contribution in [-0.2, 0) is 10.0 Å². The maximum absolute atomic E-state index is 12.9. The Kier molecular flexibility index (Phi) is 5.77. The van der Waals surface area contributed by atoms with Crippen LogP contribution < -0.4 is 14.9 Å². The Morgan fingerprint density at radius 1 is 1.07 bits per heavy atom. The van der Waals surface area contributed by atoms with E-state index in [1.165, 1.54) is 0 Å². The van der Waals surface area contributed by atoms with E-state index in [0.29, 0.717) is 28.6 Å². The van der Waals surface area contributed by atoms with Crippen LogP contribution in [0.2, 0.25) is 5.02 Å². The number of sulfonamides is 1.